The van der Waals surface area contributed by atoms with Gasteiger partial charge in [0, 0.05) is 6.04 Å². The standard InChI is InChI=1S/C10H25N3/c1-8-9(11(2)3)10(12(4)5)13(6)7/h9-10H,8H2,1-7H3. The van der Waals surface area contributed by atoms with Crippen LogP contribution >= 0.6 is 0 Å². The van der Waals surface area contributed by atoms with Gasteiger partial charge in [-0.25, -0.2) is 0 Å². The van der Waals surface area contributed by atoms with Crippen LogP contribution in [0.15, 0.2) is 0 Å². The van der Waals surface area contributed by atoms with Crippen molar-refractivity contribution in [2.75, 3.05) is 42.3 Å². The minimum absolute atomic E-state index is 0.486. The van der Waals surface area contributed by atoms with Gasteiger partial charge in [-0.1, -0.05) is 6.92 Å². The van der Waals surface area contributed by atoms with Crippen molar-refractivity contribution in [1.82, 2.24) is 14.7 Å². The summed E-state index contributed by atoms with van der Waals surface area (Å²) < 4.78 is 0. The van der Waals surface area contributed by atoms with Crippen LogP contribution in [-0.2, 0) is 0 Å². The SMILES string of the molecule is CCC(C(N(C)C)N(C)C)N(C)C. The summed E-state index contributed by atoms with van der Waals surface area (Å²) in [6.45, 7) is 2.24. The van der Waals surface area contributed by atoms with E-state index < -0.39 is 0 Å². The van der Waals surface area contributed by atoms with Crippen molar-refractivity contribution >= 4 is 0 Å². The largest absolute Gasteiger partial charge is 0.304 e. The molecule has 3 heteroatoms. The van der Waals surface area contributed by atoms with Gasteiger partial charge in [0.05, 0.1) is 6.17 Å². The van der Waals surface area contributed by atoms with Crippen LogP contribution in [0, 0.1) is 0 Å². The van der Waals surface area contributed by atoms with Crippen molar-refractivity contribution in [1.29, 1.82) is 0 Å². The molecule has 0 rings (SSSR count). The average molecular weight is 187 g/mol. The number of hydrogen-bond donors (Lipinski definition) is 0. The van der Waals surface area contributed by atoms with Crippen molar-refractivity contribution in [3.05, 3.63) is 0 Å². The van der Waals surface area contributed by atoms with E-state index in [0.29, 0.717) is 12.2 Å². The van der Waals surface area contributed by atoms with Crippen LogP contribution in [0.5, 0.6) is 0 Å². The highest BCUT2D eigenvalue weighted by Gasteiger charge is 2.25. The predicted molar refractivity (Wildman–Crippen MR) is 58.9 cm³/mol. The molecule has 1 atom stereocenters. The minimum atomic E-state index is 0.486. The van der Waals surface area contributed by atoms with Gasteiger partial charge in [-0.2, -0.15) is 0 Å². The van der Waals surface area contributed by atoms with Crippen molar-refractivity contribution in [2.24, 2.45) is 0 Å². The molecule has 0 aliphatic carbocycles. The van der Waals surface area contributed by atoms with E-state index in [1.54, 1.807) is 0 Å². The monoisotopic (exact) mass is 187 g/mol. The fourth-order valence-corrected chi connectivity index (χ4v) is 1.99. The molecule has 13 heavy (non-hydrogen) atoms. The number of hydrogen-bond acceptors (Lipinski definition) is 3. The van der Waals surface area contributed by atoms with Crippen LogP contribution in [0.2, 0.25) is 0 Å². The van der Waals surface area contributed by atoms with Crippen LogP contribution in [0.1, 0.15) is 13.3 Å². The molecule has 0 fully saturated rings. The summed E-state index contributed by atoms with van der Waals surface area (Å²) in [4.78, 5) is 6.84. The van der Waals surface area contributed by atoms with Crippen LogP contribution in [-0.4, -0.2) is 69.2 Å². The van der Waals surface area contributed by atoms with E-state index in [1.165, 1.54) is 6.42 Å². The summed E-state index contributed by atoms with van der Waals surface area (Å²) in [5.74, 6) is 0. The lowest BCUT2D eigenvalue weighted by Crippen LogP contribution is -2.53. The zero-order valence-corrected chi connectivity index (χ0v) is 10.2. The Morgan fingerprint density at radius 1 is 0.769 bits per heavy atom. The lowest BCUT2D eigenvalue weighted by Gasteiger charge is -2.40. The Labute approximate surface area is 83.3 Å². The summed E-state index contributed by atoms with van der Waals surface area (Å²) in [5.41, 5.74) is 0. The normalized spacial score (nSPS) is 15.0. The molecular formula is C10H25N3. The zero-order valence-electron chi connectivity index (χ0n) is 10.2. The van der Waals surface area contributed by atoms with Gasteiger partial charge in [-0.3, -0.25) is 9.80 Å². The molecule has 0 aromatic carbocycles. The second kappa shape index (κ2) is 5.58. The average Bonchev–Trinajstić information content (AvgIpc) is 1.97. The zero-order chi connectivity index (χ0) is 10.6. The Hall–Kier alpha value is -0.120. The lowest BCUT2D eigenvalue weighted by atomic mass is 10.1. The van der Waals surface area contributed by atoms with Crippen molar-refractivity contribution in [3.8, 4) is 0 Å². The number of likely N-dealkylation sites (N-methyl/N-ethyl adjacent to an activating group) is 3. The number of rotatable bonds is 5. The predicted octanol–water partition coefficient (Wildman–Crippen LogP) is 0.776. The van der Waals surface area contributed by atoms with E-state index >= 15 is 0 Å². The molecule has 0 saturated carbocycles. The lowest BCUT2D eigenvalue weighted by molar-refractivity contribution is 0.0445. The molecule has 0 amide bonds. The molecule has 0 aliphatic heterocycles. The highest BCUT2D eigenvalue weighted by Crippen LogP contribution is 2.11. The van der Waals surface area contributed by atoms with E-state index in [1.807, 2.05) is 0 Å². The maximum atomic E-state index is 2.30. The van der Waals surface area contributed by atoms with Gasteiger partial charge < -0.3 is 4.90 Å². The minimum Gasteiger partial charge on any atom is -0.304 e. The Morgan fingerprint density at radius 2 is 1.15 bits per heavy atom. The van der Waals surface area contributed by atoms with E-state index in [0.717, 1.165) is 0 Å². The van der Waals surface area contributed by atoms with Crippen LogP contribution in [0.4, 0.5) is 0 Å². The Kier molecular flexibility index (Phi) is 5.53. The van der Waals surface area contributed by atoms with Gasteiger partial charge in [0.1, 0.15) is 0 Å². The Balaban J connectivity index is 4.49. The van der Waals surface area contributed by atoms with E-state index in [9.17, 15) is 0 Å². The third kappa shape index (κ3) is 3.63. The molecule has 3 nitrogen and oxygen atoms in total. The Morgan fingerprint density at radius 3 is 1.23 bits per heavy atom. The fourth-order valence-electron chi connectivity index (χ4n) is 1.99. The van der Waals surface area contributed by atoms with E-state index in [-0.39, 0.29) is 0 Å². The van der Waals surface area contributed by atoms with Crippen LogP contribution in [0.25, 0.3) is 0 Å². The molecule has 0 aliphatic rings. The second-order valence-electron chi connectivity index (χ2n) is 4.28. The van der Waals surface area contributed by atoms with Gasteiger partial charge in [0.25, 0.3) is 0 Å². The third-order valence-corrected chi connectivity index (χ3v) is 2.48. The smallest absolute Gasteiger partial charge is 0.0772 e. The van der Waals surface area contributed by atoms with E-state index in [2.05, 4.69) is 63.9 Å². The summed E-state index contributed by atoms with van der Waals surface area (Å²) in [6, 6.07) is 0.588. The molecule has 0 saturated heterocycles. The molecule has 1 unspecified atom stereocenters. The van der Waals surface area contributed by atoms with Gasteiger partial charge in [0.2, 0.25) is 0 Å². The van der Waals surface area contributed by atoms with Crippen LogP contribution < -0.4 is 0 Å². The third-order valence-electron chi connectivity index (χ3n) is 2.48. The molecule has 0 radical (unpaired) electrons. The highest BCUT2D eigenvalue weighted by atomic mass is 15.3. The van der Waals surface area contributed by atoms with Gasteiger partial charge in [0.15, 0.2) is 0 Å². The van der Waals surface area contributed by atoms with Gasteiger partial charge in [-0.05, 0) is 48.7 Å². The molecule has 0 aromatic heterocycles. The number of nitrogens with zero attached hydrogens (tertiary/aromatic N) is 3. The maximum absolute atomic E-state index is 2.30. The molecule has 0 N–H and O–H groups in total. The fraction of sp³-hybridized carbons (Fsp3) is 1.00. The Bertz CT molecular complexity index is 124. The molecule has 80 valence electrons. The molecular weight excluding hydrogens is 162 g/mol. The molecule has 0 bridgehead atoms. The molecule has 0 aromatic rings. The first-order valence-corrected chi connectivity index (χ1v) is 4.91. The van der Waals surface area contributed by atoms with Crippen molar-refractivity contribution in [2.45, 2.75) is 25.6 Å². The summed E-state index contributed by atoms with van der Waals surface area (Å²) in [7, 11) is 12.8. The first kappa shape index (κ1) is 12.9. The summed E-state index contributed by atoms with van der Waals surface area (Å²) in [5, 5.41) is 0. The van der Waals surface area contributed by atoms with Crippen LogP contribution in [0.3, 0.4) is 0 Å². The maximum Gasteiger partial charge on any atom is 0.0772 e. The molecule has 0 spiro atoms. The highest BCUT2D eigenvalue weighted by molar-refractivity contribution is 4.78. The topological polar surface area (TPSA) is 9.72 Å². The van der Waals surface area contributed by atoms with Gasteiger partial charge in [-0.15, -0.1) is 0 Å². The second-order valence-corrected chi connectivity index (χ2v) is 4.28. The summed E-state index contributed by atoms with van der Waals surface area (Å²) in [6.07, 6.45) is 1.66. The first-order chi connectivity index (χ1) is 5.91. The molecule has 0 heterocycles. The van der Waals surface area contributed by atoms with E-state index in [4.69, 9.17) is 0 Å². The quantitative estimate of drug-likeness (QED) is 0.589. The summed E-state index contributed by atoms with van der Waals surface area (Å²) >= 11 is 0. The first-order valence-electron chi connectivity index (χ1n) is 4.91. The van der Waals surface area contributed by atoms with Crippen molar-refractivity contribution in [3.63, 3.8) is 0 Å². The van der Waals surface area contributed by atoms with Gasteiger partial charge >= 0.3 is 0 Å². The van der Waals surface area contributed by atoms with Crippen molar-refractivity contribution < 1.29 is 0 Å².